The van der Waals surface area contributed by atoms with Gasteiger partial charge in [0.1, 0.15) is 0 Å². The van der Waals surface area contributed by atoms with Crippen LogP contribution in [-0.2, 0) is 26.5 Å². The molecule has 0 saturated heterocycles. The zero-order valence-electron chi connectivity index (χ0n) is 12.3. The second-order valence-corrected chi connectivity index (χ2v) is 4.62. The zero-order valence-corrected chi connectivity index (χ0v) is 15.4. The van der Waals surface area contributed by atoms with Gasteiger partial charge in [0, 0.05) is 6.61 Å². The molecule has 0 aromatic heterocycles. The molecule has 1 aliphatic carbocycles. The molecule has 2 rings (SSSR count). The molecule has 0 spiro atoms. The number of ether oxygens (including phenoxy) is 1. The number of rotatable bonds is 7. The van der Waals surface area contributed by atoms with Gasteiger partial charge in [0.15, 0.2) is 0 Å². The Morgan fingerprint density at radius 2 is 1.90 bits per heavy atom. The quantitative estimate of drug-likeness (QED) is 0.431. The smallest absolute Gasteiger partial charge is 1.00 e. The molecule has 1 nitrogen and oxygen atoms in total. The SMILES string of the molecule is CCCOC(CCC1=[C-]CC=C1)c1ccccc1.[Cl-].[Cl-].[Ti+3]. The van der Waals surface area contributed by atoms with Gasteiger partial charge in [0.05, 0.1) is 6.10 Å². The van der Waals surface area contributed by atoms with Crippen molar-refractivity contribution in [2.45, 2.75) is 38.7 Å². The number of hydrogen-bond donors (Lipinski definition) is 0. The first kappa shape index (κ1) is 23.2. The molecule has 1 radical (unpaired) electrons. The molecule has 0 N–H and O–H groups in total. The average Bonchev–Trinajstić information content (AvgIpc) is 2.93. The predicted octanol–water partition coefficient (Wildman–Crippen LogP) is -1.37. The standard InChI is InChI=1S/C17H21O.2ClH.Ti/c1-2-14-18-17(16-10-4-3-5-11-16)13-12-15-8-6-7-9-15;;;/h3-6,8,10-11,17H,2,7,12-14H2,1H3;2*1H;/q-1;;;+3/p-2. The summed E-state index contributed by atoms with van der Waals surface area (Å²) in [5, 5.41) is 0. The van der Waals surface area contributed by atoms with Crippen LogP contribution in [0.3, 0.4) is 0 Å². The van der Waals surface area contributed by atoms with Crippen LogP contribution in [0.2, 0.25) is 0 Å². The molecular formula is C17H21Cl2OTi. The summed E-state index contributed by atoms with van der Waals surface area (Å²) in [5.74, 6) is 0. The van der Waals surface area contributed by atoms with Gasteiger partial charge in [-0.05, 0) is 18.4 Å². The van der Waals surface area contributed by atoms with Crippen molar-refractivity contribution in [1.29, 1.82) is 0 Å². The van der Waals surface area contributed by atoms with Gasteiger partial charge in [-0.2, -0.15) is 6.08 Å². The van der Waals surface area contributed by atoms with E-state index in [0.717, 1.165) is 32.3 Å². The zero-order chi connectivity index (χ0) is 12.6. The monoisotopic (exact) mass is 359 g/mol. The number of hydrogen-bond acceptors (Lipinski definition) is 1. The predicted molar refractivity (Wildman–Crippen MR) is 75.2 cm³/mol. The molecule has 0 amide bonds. The Balaban J connectivity index is 0. The van der Waals surface area contributed by atoms with Crippen molar-refractivity contribution in [3.63, 3.8) is 0 Å². The third-order valence-corrected chi connectivity index (χ3v) is 3.14. The Hall–Kier alpha value is -0.0457. The second kappa shape index (κ2) is 13.6. The fourth-order valence-electron chi connectivity index (χ4n) is 2.18. The van der Waals surface area contributed by atoms with Crippen LogP contribution in [0, 0.1) is 6.08 Å². The number of benzene rings is 1. The van der Waals surface area contributed by atoms with E-state index in [0.29, 0.717) is 0 Å². The van der Waals surface area contributed by atoms with E-state index in [2.05, 4.69) is 55.5 Å². The van der Waals surface area contributed by atoms with Crippen molar-refractivity contribution in [3.8, 4) is 0 Å². The molecule has 0 aliphatic heterocycles. The van der Waals surface area contributed by atoms with E-state index in [4.69, 9.17) is 4.74 Å². The van der Waals surface area contributed by atoms with Gasteiger partial charge in [-0.15, -0.1) is 6.42 Å². The van der Waals surface area contributed by atoms with E-state index in [-0.39, 0.29) is 52.6 Å². The van der Waals surface area contributed by atoms with Crippen LogP contribution in [0.1, 0.15) is 44.3 Å². The third kappa shape index (κ3) is 8.23. The van der Waals surface area contributed by atoms with Crippen molar-refractivity contribution in [3.05, 3.63) is 59.7 Å². The van der Waals surface area contributed by atoms with Crippen molar-refractivity contribution in [1.82, 2.24) is 0 Å². The summed E-state index contributed by atoms with van der Waals surface area (Å²) in [7, 11) is 0. The summed E-state index contributed by atoms with van der Waals surface area (Å²) in [6.45, 7) is 2.98. The van der Waals surface area contributed by atoms with Gasteiger partial charge in [-0.25, -0.2) is 11.6 Å². The van der Waals surface area contributed by atoms with Crippen LogP contribution in [0.4, 0.5) is 0 Å². The first-order valence-electron chi connectivity index (χ1n) is 6.83. The third-order valence-electron chi connectivity index (χ3n) is 3.14. The summed E-state index contributed by atoms with van der Waals surface area (Å²) in [4.78, 5) is 0. The number of halogens is 2. The largest absolute Gasteiger partial charge is 3.00 e. The molecule has 1 aromatic carbocycles. The summed E-state index contributed by atoms with van der Waals surface area (Å²) in [6, 6.07) is 10.5. The maximum absolute atomic E-state index is 5.97. The Kier molecular flexibility index (Phi) is 15.0. The van der Waals surface area contributed by atoms with Crippen LogP contribution in [0.25, 0.3) is 0 Å². The second-order valence-electron chi connectivity index (χ2n) is 4.62. The van der Waals surface area contributed by atoms with Crippen LogP contribution in [0.15, 0.2) is 48.1 Å². The fraction of sp³-hybridized carbons (Fsp3) is 0.412. The van der Waals surface area contributed by atoms with Crippen LogP contribution in [-0.4, -0.2) is 6.61 Å². The minimum absolute atomic E-state index is 0. The van der Waals surface area contributed by atoms with Gasteiger partial charge in [0.25, 0.3) is 0 Å². The molecular weight excluding hydrogens is 339 g/mol. The Morgan fingerprint density at radius 3 is 2.48 bits per heavy atom. The van der Waals surface area contributed by atoms with E-state index in [1.807, 2.05) is 0 Å². The van der Waals surface area contributed by atoms with Gasteiger partial charge in [0.2, 0.25) is 0 Å². The van der Waals surface area contributed by atoms with E-state index in [9.17, 15) is 0 Å². The summed E-state index contributed by atoms with van der Waals surface area (Å²) in [5.41, 5.74) is 2.62. The van der Waals surface area contributed by atoms with Crippen molar-refractivity contribution < 1.29 is 51.3 Å². The summed E-state index contributed by atoms with van der Waals surface area (Å²) < 4.78 is 5.97. The molecule has 1 aliphatic rings. The molecule has 1 atom stereocenters. The molecule has 0 heterocycles. The minimum Gasteiger partial charge on any atom is -1.00 e. The molecule has 21 heavy (non-hydrogen) atoms. The normalized spacial score (nSPS) is 13.5. The minimum atomic E-state index is 0. The van der Waals surface area contributed by atoms with Gasteiger partial charge in [-0.3, -0.25) is 6.08 Å². The molecule has 1 aromatic rings. The molecule has 0 fully saturated rings. The summed E-state index contributed by atoms with van der Waals surface area (Å²) >= 11 is 0. The Bertz CT molecular complexity index is 418. The summed E-state index contributed by atoms with van der Waals surface area (Å²) in [6.07, 6.45) is 12.1. The maximum Gasteiger partial charge on any atom is 3.00 e. The van der Waals surface area contributed by atoms with Crippen molar-refractivity contribution in [2.75, 3.05) is 6.61 Å². The van der Waals surface area contributed by atoms with Crippen molar-refractivity contribution in [2.24, 2.45) is 0 Å². The van der Waals surface area contributed by atoms with Gasteiger partial charge in [-0.1, -0.05) is 43.7 Å². The average molecular weight is 360 g/mol. The van der Waals surface area contributed by atoms with E-state index in [1.54, 1.807) is 0 Å². The van der Waals surface area contributed by atoms with Crippen LogP contribution in [0.5, 0.6) is 0 Å². The topological polar surface area (TPSA) is 9.23 Å². The number of allylic oxidation sites excluding steroid dienone is 4. The van der Waals surface area contributed by atoms with Crippen LogP contribution < -0.4 is 24.8 Å². The Morgan fingerprint density at radius 1 is 1.19 bits per heavy atom. The molecule has 0 saturated carbocycles. The van der Waals surface area contributed by atoms with E-state index in [1.165, 1.54) is 11.1 Å². The molecule has 1 unspecified atom stereocenters. The fourth-order valence-corrected chi connectivity index (χ4v) is 2.18. The van der Waals surface area contributed by atoms with E-state index < -0.39 is 0 Å². The first-order chi connectivity index (χ1) is 8.90. The van der Waals surface area contributed by atoms with Gasteiger partial charge < -0.3 is 29.6 Å². The maximum atomic E-state index is 5.97. The van der Waals surface area contributed by atoms with Crippen molar-refractivity contribution >= 4 is 0 Å². The van der Waals surface area contributed by atoms with Crippen LogP contribution >= 0.6 is 0 Å². The molecule has 4 heteroatoms. The Labute approximate surface area is 155 Å². The first-order valence-corrected chi connectivity index (χ1v) is 6.83. The van der Waals surface area contributed by atoms with E-state index >= 15 is 0 Å². The van der Waals surface area contributed by atoms with Gasteiger partial charge >= 0.3 is 21.7 Å². The molecule has 0 bridgehead atoms. The molecule has 113 valence electrons.